The van der Waals surface area contributed by atoms with Crippen LogP contribution in [-0.4, -0.2) is 19.3 Å². The van der Waals surface area contributed by atoms with E-state index < -0.39 is 11.7 Å². The maximum absolute atomic E-state index is 13.0. The van der Waals surface area contributed by atoms with Gasteiger partial charge in [0, 0.05) is 0 Å². The zero-order valence-electron chi connectivity index (χ0n) is 10.9. The number of nitrogens with one attached hydrogen (secondary N) is 1. The smallest absolute Gasteiger partial charge is 0.410 e. The minimum Gasteiger partial charge on any atom is -0.491 e. The van der Waals surface area contributed by atoms with E-state index in [0.29, 0.717) is 5.75 Å². The minimum atomic E-state index is -4.36. The van der Waals surface area contributed by atoms with Crippen LogP contribution in [0.25, 0.3) is 0 Å². The maximum Gasteiger partial charge on any atom is 0.410 e. The highest BCUT2D eigenvalue weighted by Crippen LogP contribution is 2.38. The van der Waals surface area contributed by atoms with Crippen LogP contribution in [0.5, 0.6) is 5.75 Å². The fourth-order valence-electron chi connectivity index (χ4n) is 1.59. The van der Waals surface area contributed by atoms with Gasteiger partial charge in [-0.2, -0.15) is 13.2 Å². The molecule has 0 heterocycles. The third-order valence-corrected chi connectivity index (χ3v) is 2.87. The number of ether oxygens (including phenoxy) is 1. The second-order valence-corrected chi connectivity index (χ2v) is 4.56. The Morgan fingerprint density at radius 2 is 1.61 bits per heavy atom. The number of benzene rings is 1. The summed E-state index contributed by atoms with van der Waals surface area (Å²) in [5.41, 5.74) is -1.89. The molecule has 0 fully saturated rings. The Balaban J connectivity index is 3.03. The van der Waals surface area contributed by atoms with E-state index >= 15 is 0 Å². The first kappa shape index (κ1) is 14.8. The first-order valence-corrected chi connectivity index (χ1v) is 5.73. The van der Waals surface area contributed by atoms with Gasteiger partial charge in [-0.05, 0) is 45.5 Å². The van der Waals surface area contributed by atoms with E-state index in [9.17, 15) is 13.2 Å². The molecule has 0 bridgehead atoms. The second-order valence-electron chi connectivity index (χ2n) is 4.56. The van der Waals surface area contributed by atoms with Gasteiger partial charge in [0.1, 0.15) is 11.3 Å². The van der Waals surface area contributed by atoms with Crippen LogP contribution >= 0.6 is 0 Å². The highest BCUT2D eigenvalue weighted by atomic mass is 19.4. The van der Waals surface area contributed by atoms with Crippen molar-refractivity contribution in [3.63, 3.8) is 0 Å². The van der Waals surface area contributed by atoms with E-state index in [-0.39, 0.29) is 11.7 Å². The Kier molecular flexibility index (Phi) is 4.27. The summed E-state index contributed by atoms with van der Waals surface area (Å²) < 4.78 is 44.4. The topological polar surface area (TPSA) is 21.3 Å². The van der Waals surface area contributed by atoms with E-state index in [0.717, 1.165) is 6.92 Å². The average molecular weight is 261 g/mol. The normalized spacial score (nSPS) is 15.6. The number of halogens is 3. The molecule has 0 aromatic heterocycles. The molecule has 1 aromatic rings. The predicted octanol–water partition coefficient (Wildman–Crippen LogP) is 3.47. The van der Waals surface area contributed by atoms with Crippen LogP contribution in [0.4, 0.5) is 13.2 Å². The Labute approximate surface area is 105 Å². The monoisotopic (exact) mass is 261 g/mol. The standard InChI is InChI=1S/C13H18F3NO/c1-9(2)18-11-7-5-10(6-8-11)12(3,17-4)13(14,15)16/h5-9,17H,1-4H3. The highest BCUT2D eigenvalue weighted by molar-refractivity contribution is 5.32. The number of alkyl halides is 3. The lowest BCUT2D eigenvalue weighted by Crippen LogP contribution is -2.49. The van der Waals surface area contributed by atoms with Gasteiger partial charge in [0.05, 0.1) is 6.10 Å². The van der Waals surface area contributed by atoms with Gasteiger partial charge in [0.2, 0.25) is 0 Å². The Morgan fingerprint density at radius 1 is 1.11 bits per heavy atom. The van der Waals surface area contributed by atoms with Crippen molar-refractivity contribution in [2.45, 2.75) is 38.6 Å². The van der Waals surface area contributed by atoms with Crippen molar-refractivity contribution < 1.29 is 17.9 Å². The molecule has 1 atom stereocenters. The maximum atomic E-state index is 13.0. The third-order valence-electron chi connectivity index (χ3n) is 2.87. The summed E-state index contributed by atoms with van der Waals surface area (Å²) in [6.45, 7) is 4.84. The molecular formula is C13H18F3NO. The lowest BCUT2D eigenvalue weighted by atomic mass is 9.91. The van der Waals surface area contributed by atoms with Gasteiger partial charge in [-0.3, -0.25) is 0 Å². The highest BCUT2D eigenvalue weighted by Gasteiger charge is 2.51. The molecule has 0 amide bonds. The molecule has 1 rings (SSSR count). The fourth-order valence-corrected chi connectivity index (χ4v) is 1.59. The van der Waals surface area contributed by atoms with Crippen molar-refractivity contribution in [3.8, 4) is 5.75 Å². The number of hydrogen-bond donors (Lipinski definition) is 1. The van der Waals surface area contributed by atoms with Crippen LogP contribution in [0.3, 0.4) is 0 Å². The van der Waals surface area contributed by atoms with Crippen molar-refractivity contribution in [2.75, 3.05) is 7.05 Å². The van der Waals surface area contributed by atoms with Crippen LogP contribution < -0.4 is 10.1 Å². The molecule has 18 heavy (non-hydrogen) atoms. The summed E-state index contributed by atoms with van der Waals surface area (Å²) in [5.74, 6) is 0.564. The van der Waals surface area contributed by atoms with Crippen molar-refractivity contribution in [2.24, 2.45) is 0 Å². The van der Waals surface area contributed by atoms with Gasteiger partial charge in [0.15, 0.2) is 0 Å². The van der Waals surface area contributed by atoms with Gasteiger partial charge in [-0.25, -0.2) is 0 Å². The summed E-state index contributed by atoms with van der Waals surface area (Å²) in [7, 11) is 1.30. The van der Waals surface area contributed by atoms with Gasteiger partial charge in [-0.15, -0.1) is 0 Å². The molecule has 2 nitrogen and oxygen atoms in total. The summed E-state index contributed by atoms with van der Waals surface area (Å²) in [5, 5.41) is 2.33. The molecule has 0 saturated carbocycles. The number of rotatable bonds is 4. The quantitative estimate of drug-likeness (QED) is 0.896. The van der Waals surface area contributed by atoms with Crippen molar-refractivity contribution in [3.05, 3.63) is 29.8 Å². The molecule has 5 heteroatoms. The van der Waals surface area contributed by atoms with E-state index in [1.807, 2.05) is 13.8 Å². The molecule has 102 valence electrons. The molecular weight excluding hydrogens is 243 g/mol. The largest absolute Gasteiger partial charge is 0.491 e. The van der Waals surface area contributed by atoms with Crippen molar-refractivity contribution in [1.82, 2.24) is 5.32 Å². The molecule has 0 aliphatic rings. The molecule has 0 spiro atoms. The van der Waals surface area contributed by atoms with E-state index in [2.05, 4.69) is 5.32 Å². The summed E-state index contributed by atoms with van der Waals surface area (Å²) in [6.07, 6.45) is -4.36. The predicted molar refractivity (Wildman–Crippen MR) is 64.7 cm³/mol. The molecule has 0 radical (unpaired) electrons. The van der Waals surface area contributed by atoms with Crippen LogP contribution in [0.2, 0.25) is 0 Å². The Bertz CT molecular complexity index is 386. The van der Waals surface area contributed by atoms with E-state index in [1.54, 1.807) is 12.1 Å². The first-order chi connectivity index (χ1) is 8.20. The summed E-state index contributed by atoms with van der Waals surface area (Å²) >= 11 is 0. The third kappa shape index (κ3) is 2.96. The molecule has 0 aliphatic heterocycles. The molecule has 0 saturated heterocycles. The van der Waals surface area contributed by atoms with Crippen LogP contribution in [0.15, 0.2) is 24.3 Å². The van der Waals surface area contributed by atoms with Crippen LogP contribution in [0.1, 0.15) is 26.3 Å². The van der Waals surface area contributed by atoms with E-state index in [4.69, 9.17) is 4.74 Å². The lowest BCUT2D eigenvalue weighted by Gasteiger charge is -2.32. The zero-order valence-corrected chi connectivity index (χ0v) is 10.9. The molecule has 1 unspecified atom stereocenters. The van der Waals surface area contributed by atoms with Crippen molar-refractivity contribution in [1.29, 1.82) is 0 Å². The Morgan fingerprint density at radius 3 is 1.94 bits per heavy atom. The fraction of sp³-hybridized carbons (Fsp3) is 0.538. The SMILES string of the molecule is CNC(C)(c1ccc(OC(C)C)cc1)C(F)(F)F. The molecule has 0 aliphatic carbocycles. The van der Waals surface area contributed by atoms with Crippen LogP contribution in [0, 0.1) is 0 Å². The minimum absolute atomic E-state index is 0.00542. The van der Waals surface area contributed by atoms with Crippen molar-refractivity contribution >= 4 is 0 Å². The van der Waals surface area contributed by atoms with Gasteiger partial charge < -0.3 is 10.1 Å². The first-order valence-electron chi connectivity index (χ1n) is 5.73. The number of hydrogen-bond acceptors (Lipinski definition) is 2. The summed E-state index contributed by atoms with van der Waals surface area (Å²) in [4.78, 5) is 0. The average Bonchev–Trinajstić information content (AvgIpc) is 2.26. The van der Waals surface area contributed by atoms with Gasteiger partial charge in [0.25, 0.3) is 0 Å². The van der Waals surface area contributed by atoms with Gasteiger partial charge >= 0.3 is 6.18 Å². The Hall–Kier alpha value is -1.23. The van der Waals surface area contributed by atoms with Gasteiger partial charge in [-0.1, -0.05) is 12.1 Å². The van der Waals surface area contributed by atoms with E-state index in [1.165, 1.54) is 19.2 Å². The second kappa shape index (κ2) is 5.18. The lowest BCUT2D eigenvalue weighted by molar-refractivity contribution is -0.193. The van der Waals surface area contributed by atoms with Crippen LogP contribution in [-0.2, 0) is 5.54 Å². The molecule has 1 aromatic carbocycles. The zero-order chi connectivity index (χ0) is 14.0. The summed E-state index contributed by atoms with van der Waals surface area (Å²) in [6, 6.07) is 5.97. The molecule has 1 N–H and O–H groups in total.